The van der Waals surface area contributed by atoms with Crippen LogP contribution >= 0.6 is 0 Å². The second kappa shape index (κ2) is 6.37. The fourth-order valence-corrected chi connectivity index (χ4v) is 2.87. The van der Waals surface area contributed by atoms with Crippen molar-refractivity contribution < 1.29 is 14.7 Å². The van der Waals surface area contributed by atoms with E-state index in [4.69, 9.17) is 0 Å². The van der Waals surface area contributed by atoms with Gasteiger partial charge in [0.15, 0.2) is 0 Å². The molecule has 1 fully saturated rings. The molecule has 1 aliphatic rings. The van der Waals surface area contributed by atoms with E-state index in [0.717, 1.165) is 19.3 Å². The molecule has 5 nitrogen and oxygen atoms in total. The Hall–Kier alpha value is -1.10. The van der Waals surface area contributed by atoms with Crippen LogP contribution in [0.5, 0.6) is 0 Å². The van der Waals surface area contributed by atoms with Crippen LogP contribution in [0.1, 0.15) is 47.0 Å². The molecule has 1 saturated heterocycles. The fourth-order valence-electron chi connectivity index (χ4n) is 2.87. The van der Waals surface area contributed by atoms with Crippen LogP contribution in [-0.2, 0) is 9.59 Å². The van der Waals surface area contributed by atoms with Crippen LogP contribution in [0.4, 0.5) is 0 Å². The van der Waals surface area contributed by atoms with E-state index in [0.29, 0.717) is 13.1 Å². The quantitative estimate of drug-likeness (QED) is 0.794. The number of hydrogen-bond donors (Lipinski definition) is 2. The minimum absolute atomic E-state index is 0.0780. The minimum atomic E-state index is -0.833. The summed E-state index contributed by atoms with van der Waals surface area (Å²) >= 11 is 0. The maximum atomic E-state index is 12.0. The number of carboxylic acid groups (broad SMARTS) is 1. The van der Waals surface area contributed by atoms with Gasteiger partial charge in [0.05, 0.1) is 6.04 Å². The van der Waals surface area contributed by atoms with E-state index in [1.165, 1.54) is 0 Å². The predicted molar refractivity (Wildman–Crippen MR) is 73.9 cm³/mol. The molecule has 0 aromatic heterocycles. The van der Waals surface area contributed by atoms with Crippen molar-refractivity contribution in [1.82, 2.24) is 10.2 Å². The molecular formula is C14H26N2O3. The lowest BCUT2D eigenvalue weighted by molar-refractivity contribution is -0.154. The Morgan fingerprint density at radius 2 is 2.11 bits per heavy atom. The highest BCUT2D eigenvalue weighted by Crippen LogP contribution is 2.36. The summed E-state index contributed by atoms with van der Waals surface area (Å²) in [5.74, 6) is -0.911. The zero-order valence-corrected chi connectivity index (χ0v) is 12.4. The van der Waals surface area contributed by atoms with Gasteiger partial charge in [-0.2, -0.15) is 0 Å². The Morgan fingerprint density at radius 1 is 1.47 bits per heavy atom. The molecule has 1 aliphatic heterocycles. The Kier molecular flexibility index (Phi) is 5.35. The van der Waals surface area contributed by atoms with Gasteiger partial charge in [0, 0.05) is 6.54 Å². The Morgan fingerprint density at radius 3 is 2.63 bits per heavy atom. The van der Waals surface area contributed by atoms with Gasteiger partial charge < -0.3 is 10.4 Å². The number of hydrogen-bond acceptors (Lipinski definition) is 3. The molecule has 1 heterocycles. The number of nitrogens with one attached hydrogen (secondary N) is 1. The molecule has 0 aliphatic carbocycles. The topological polar surface area (TPSA) is 69.6 Å². The third-order valence-electron chi connectivity index (χ3n) is 3.97. The van der Waals surface area contributed by atoms with Crippen LogP contribution in [-0.4, -0.2) is 47.1 Å². The van der Waals surface area contributed by atoms with Crippen LogP contribution in [0, 0.1) is 5.41 Å². The Balaban J connectivity index is 2.83. The van der Waals surface area contributed by atoms with Gasteiger partial charge in [-0.1, -0.05) is 20.8 Å². The van der Waals surface area contributed by atoms with E-state index < -0.39 is 18.1 Å². The number of carbonyl (C=O) groups is 2. The largest absolute Gasteiger partial charge is 0.480 e. The Labute approximate surface area is 115 Å². The molecular weight excluding hydrogens is 244 g/mol. The summed E-state index contributed by atoms with van der Waals surface area (Å²) in [6.07, 6.45) is 2.69. The molecule has 0 aromatic rings. The standard InChI is InChI=1S/C14H26N2O3/c1-5-8-15-12(17)10(2)16-9-6-7-14(3,4)11(16)13(18)19/h10-11H,5-9H2,1-4H3,(H,15,17)(H,18,19). The molecule has 0 spiro atoms. The SMILES string of the molecule is CCCNC(=O)C(C)N1CCCC(C)(C)C1C(=O)O. The second-order valence-electron chi connectivity index (χ2n) is 6.04. The normalized spacial score (nSPS) is 24.7. The van der Waals surface area contributed by atoms with Gasteiger partial charge in [-0.3, -0.25) is 14.5 Å². The van der Waals surface area contributed by atoms with Gasteiger partial charge in [-0.05, 0) is 38.1 Å². The van der Waals surface area contributed by atoms with Crippen molar-refractivity contribution in [1.29, 1.82) is 0 Å². The van der Waals surface area contributed by atoms with Crippen molar-refractivity contribution in [2.24, 2.45) is 5.41 Å². The second-order valence-corrected chi connectivity index (χ2v) is 6.04. The lowest BCUT2D eigenvalue weighted by Gasteiger charge is -2.46. The molecule has 110 valence electrons. The van der Waals surface area contributed by atoms with Gasteiger partial charge in [-0.25, -0.2) is 0 Å². The van der Waals surface area contributed by atoms with Gasteiger partial charge in [0.25, 0.3) is 0 Å². The third-order valence-corrected chi connectivity index (χ3v) is 3.97. The lowest BCUT2D eigenvalue weighted by atomic mass is 9.76. The first-order chi connectivity index (χ1) is 8.81. The molecule has 0 bridgehead atoms. The molecule has 19 heavy (non-hydrogen) atoms. The van der Waals surface area contributed by atoms with Crippen LogP contribution in [0.15, 0.2) is 0 Å². The van der Waals surface area contributed by atoms with Gasteiger partial charge in [0.1, 0.15) is 6.04 Å². The minimum Gasteiger partial charge on any atom is -0.480 e. The van der Waals surface area contributed by atoms with Crippen molar-refractivity contribution in [3.63, 3.8) is 0 Å². The number of likely N-dealkylation sites (tertiary alicyclic amines) is 1. The molecule has 0 radical (unpaired) electrons. The first-order valence-corrected chi connectivity index (χ1v) is 7.07. The molecule has 2 N–H and O–H groups in total. The maximum absolute atomic E-state index is 12.0. The predicted octanol–water partition coefficient (Wildman–Crippen LogP) is 1.48. The summed E-state index contributed by atoms with van der Waals surface area (Å²) in [5, 5.41) is 12.3. The molecule has 2 unspecified atom stereocenters. The molecule has 5 heteroatoms. The average Bonchev–Trinajstić information content (AvgIpc) is 2.32. The van der Waals surface area contributed by atoms with E-state index >= 15 is 0 Å². The molecule has 1 rings (SSSR count). The summed E-state index contributed by atoms with van der Waals surface area (Å²) in [5.41, 5.74) is -0.302. The molecule has 2 atom stereocenters. The summed E-state index contributed by atoms with van der Waals surface area (Å²) in [4.78, 5) is 25.4. The van der Waals surface area contributed by atoms with Gasteiger partial charge in [0.2, 0.25) is 5.91 Å². The van der Waals surface area contributed by atoms with Crippen molar-refractivity contribution in [2.75, 3.05) is 13.1 Å². The van der Waals surface area contributed by atoms with Crippen LogP contribution in [0.25, 0.3) is 0 Å². The summed E-state index contributed by atoms with van der Waals surface area (Å²) in [7, 11) is 0. The fraction of sp³-hybridized carbons (Fsp3) is 0.857. The number of aliphatic carboxylic acids is 1. The van der Waals surface area contributed by atoms with Crippen molar-refractivity contribution in [2.45, 2.75) is 59.0 Å². The van der Waals surface area contributed by atoms with E-state index in [-0.39, 0.29) is 11.3 Å². The molecule has 0 aromatic carbocycles. The van der Waals surface area contributed by atoms with Crippen molar-refractivity contribution in [3.8, 4) is 0 Å². The van der Waals surface area contributed by atoms with E-state index in [1.54, 1.807) is 6.92 Å². The highest BCUT2D eigenvalue weighted by Gasteiger charge is 2.45. The van der Waals surface area contributed by atoms with Gasteiger partial charge >= 0.3 is 5.97 Å². The summed E-state index contributed by atoms with van der Waals surface area (Å²) < 4.78 is 0. The number of nitrogens with zero attached hydrogens (tertiary/aromatic N) is 1. The maximum Gasteiger partial charge on any atom is 0.321 e. The number of piperidine rings is 1. The molecule has 0 saturated carbocycles. The van der Waals surface area contributed by atoms with Crippen LogP contribution in [0.3, 0.4) is 0 Å². The van der Waals surface area contributed by atoms with Crippen molar-refractivity contribution >= 4 is 11.9 Å². The highest BCUT2D eigenvalue weighted by molar-refractivity contribution is 5.83. The monoisotopic (exact) mass is 270 g/mol. The highest BCUT2D eigenvalue weighted by atomic mass is 16.4. The van der Waals surface area contributed by atoms with E-state index in [1.807, 2.05) is 25.7 Å². The number of carbonyl (C=O) groups excluding carboxylic acids is 1. The lowest BCUT2D eigenvalue weighted by Crippen LogP contribution is -2.60. The first kappa shape index (κ1) is 16.0. The average molecular weight is 270 g/mol. The smallest absolute Gasteiger partial charge is 0.321 e. The summed E-state index contributed by atoms with van der Waals surface area (Å²) in [6.45, 7) is 9.03. The van der Waals surface area contributed by atoms with Gasteiger partial charge in [-0.15, -0.1) is 0 Å². The van der Waals surface area contributed by atoms with E-state index in [9.17, 15) is 14.7 Å². The van der Waals surface area contributed by atoms with Crippen molar-refractivity contribution in [3.05, 3.63) is 0 Å². The van der Waals surface area contributed by atoms with Crippen LogP contribution < -0.4 is 5.32 Å². The zero-order chi connectivity index (χ0) is 14.6. The number of carboxylic acids is 1. The zero-order valence-electron chi connectivity index (χ0n) is 12.4. The first-order valence-electron chi connectivity index (χ1n) is 7.07. The molecule has 1 amide bonds. The third kappa shape index (κ3) is 3.69. The summed E-state index contributed by atoms with van der Waals surface area (Å²) in [6, 6.07) is -0.990. The number of amides is 1. The van der Waals surface area contributed by atoms with Crippen LogP contribution in [0.2, 0.25) is 0 Å². The number of rotatable bonds is 5. The van der Waals surface area contributed by atoms with E-state index in [2.05, 4.69) is 5.32 Å². The Bertz CT molecular complexity index is 342.